The van der Waals surface area contributed by atoms with Crippen molar-refractivity contribution in [2.24, 2.45) is 10.9 Å². The topological polar surface area (TPSA) is 24.4 Å². The van der Waals surface area contributed by atoms with E-state index in [0.717, 1.165) is 17.0 Å². The molecule has 0 heterocycles. The monoisotopic (exact) mass is 240 g/mol. The van der Waals surface area contributed by atoms with Crippen molar-refractivity contribution in [3.05, 3.63) is 65.7 Å². The molecule has 0 saturated carbocycles. The Morgan fingerprint density at radius 2 is 2.33 bits per heavy atom. The summed E-state index contributed by atoms with van der Waals surface area (Å²) in [5, 5.41) is 2.98. The Labute approximate surface area is 110 Å². The van der Waals surface area contributed by atoms with Gasteiger partial charge in [-0.3, -0.25) is 4.99 Å². The lowest BCUT2D eigenvalue weighted by molar-refractivity contribution is 0.928. The van der Waals surface area contributed by atoms with Crippen molar-refractivity contribution >= 4 is 6.21 Å². The van der Waals surface area contributed by atoms with Gasteiger partial charge in [-0.15, -0.1) is 5.73 Å². The second-order valence-corrected chi connectivity index (χ2v) is 4.07. The van der Waals surface area contributed by atoms with E-state index < -0.39 is 0 Å². The SMILES string of the molecule is C=C(/C=C/C1=C/C(/N=C\C)=C/C(C)C=C=C1)NC. The number of likely N-dealkylation sites (N-methyl/N-ethyl adjacent to an activating group) is 1. The van der Waals surface area contributed by atoms with Crippen LogP contribution in [0.15, 0.2) is 70.7 Å². The van der Waals surface area contributed by atoms with Crippen LogP contribution in [0, 0.1) is 5.92 Å². The first-order valence-electron chi connectivity index (χ1n) is 6.05. The van der Waals surface area contributed by atoms with Gasteiger partial charge in [-0.25, -0.2) is 0 Å². The third-order valence-electron chi connectivity index (χ3n) is 2.43. The van der Waals surface area contributed by atoms with Crippen molar-refractivity contribution in [3.63, 3.8) is 0 Å². The molecule has 2 nitrogen and oxygen atoms in total. The van der Waals surface area contributed by atoms with Gasteiger partial charge in [0, 0.05) is 24.9 Å². The maximum atomic E-state index is 4.35. The average Bonchev–Trinajstić information content (AvgIpc) is 2.33. The van der Waals surface area contributed by atoms with E-state index in [0.29, 0.717) is 5.92 Å². The van der Waals surface area contributed by atoms with Gasteiger partial charge in [0.1, 0.15) is 0 Å². The summed E-state index contributed by atoms with van der Waals surface area (Å²) >= 11 is 0. The Morgan fingerprint density at radius 1 is 1.56 bits per heavy atom. The van der Waals surface area contributed by atoms with Gasteiger partial charge >= 0.3 is 0 Å². The van der Waals surface area contributed by atoms with Gasteiger partial charge < -0.3 is 5.32 Å². The van der Waals surface area contributed by atoms with Crippen LogP contribution < -0.4 is 5.32 Å². The quantitative estimate of drug-likeness (QED) is 0.454. The standard InChI is InChI=1S/C16H20N2/c1-5-18-16-11-13(2)7-6-8-15(12-16)10-9-14(3)17-4/h5,7-13,17H,3H2,1-2,4H3/b10-9+,15-12+,16-11-,18-5-. The summed E-state index contributed by atoms with van der Waals surface area (Å²) in [6.07, 6.45) is 13.9. The average molecular weight is 240 g/mol. The van der Waals surface area contributed by atoms with Crippen LogP contribution >= 0.6 is 0 Å². The van der Waals surface area contributed by atoms with E-state index in [1.165, 1.54) is 0 Å². The summed E-state index contributed by atoms with van der Waals surface area (Å²) in [7, 11) is 1.85. The highest BCUT2D eigenvalue weighted by Crippen LogP contribution is 2.14. The predicted octanol–water partition coefficient (Wildman–Crippen LogP) is 3.54. The number of allylic oxidation sites excluding steroid dienone is 6. The molecular weight excluding hydrogens is 220 g/mol. The summed E-state index contributed by atoms with van der Waals surface area (Å²) in [5.41, 5.74) is 6.06. The van der Waals surface area contributed by atoms with Gasteiger partial charge in [-0.1, -0.05) is 25.7 Å². The molecule has 0 saturated heterocycles. The molecule has 0 bridgehead atoms. The van der Waals surface area contributed by atoms with Gasteiger partial charge in [-0.2, -0.15) is 0 Å². The van der Waals surface area contributed by atoms with E-state index in [1.807, 2.05) is 44.4 Å². The van der Waals surface area contributed by atoms with E-state index in [2.05, 4.69) is 35.6 Å². The van der Waals surface area contributed by atoms with Crippen LogP contribution in [0.2, 0.25) is 0 Å². The van der Waals surface area contributed by atoms with Gasteiger partial charge in [0.15, 0.2) is 0 Å². The molecule has 0 fully saturated rings. The molecule has 0 aliphatic heterocycles. The van der Waals surface area contributed by atoms with Crippen molar-refractivity contribution < 1.29 is 0 Å². The van der Waals surface area contributed by atoms with E-state index in [9.17, 15) is 0 Å². The van der Waals surface area contributed by atoms with Gasteiger partial charge in [-0.05, 0) is 36.8 Å². The highest BCUT2D eigenvalue weighted by Gasteiger charge is 1.98. The van der Waals surface area contributed by atoms with Gasteiger partial charge in [0.25, 0.3) is 0 Å². The summed E-state index contributed by atoms with van der Waals surface area (Å²) in [4.78, 5) is 4.35. The zero-order valence-corrected chi connectivity index (χ0v) is 11.3. The predicted molar refractivity (Wildman–Crippen MR) is 79.5 cm³/mol. The van der Waals surface area contributed by atoms with Crippen molar-refractivity contribution in [2.45, 2.75) is 13.8 Å². The molecule has 18 heavy (non-hydrogen) atoms. The van der Waals surface area contributed by atoms with Crippen LogP contribution in [0.3, 0.4) is 0 Å². The summed E-state index contributed by atoms with van der Waals surface area (Å²) < 4.78 is 0. The van der Waals surface area contributed by atoms with Crippen LogP contribution in [0.25, 0.3) is 0 Å². The minimum atomic E-state index is 0.342. The zero-order valence-electron chi connectivity index (χ0n) is 11.3. The third-order valence-corrected chi connectivity index (χ3v) is 2.43. The lowest BCUT2D eigenvalue weighted by atomic mass is 10.1. The van der Waals surface area contributed by atoms with Crippen molar-refractivity contribution in [1.82, 2.24) is 5.32 Å². The highest BCUT2D eigenvalue weighted by molar-refractivity contribution is 5.57. The first-order chi connectivity index (χ1) is 8.65. The number of nitrogens with one attached hydrogen (secondary N) is 1. The summed E-state index contributed by atoms with van der Waals surface area (Å²) in [5.74, 6) is 0.342. The maximum absolute atomic E-state index is 4.35. The lowest BCUT2D eigenvalue weighted by Crippen LogP contribution is -2.00. The molecule has 0 radical (unpaired) electrons. The summed E-state index contributed by atoms with van der Waals surface area (Å²) in [6.45, 7) is 7.89. The van der Waals surface area contributed by atoms with Crippen LogP contribution in [-0.4, -0.2) is 13.3 Å². The Balaban J connectivity index is 3.02. The number of rotatable bonds is 4. The Kier molecular flexibility index (Phi) is 5.69. The molecule has 1 N–H and O–H groups in total. The molecule has 1 atom stereocenters. The van der Waals surface area contributed by atoms with Crippen molar-refractivity contribution in [1.29, 1.82) is 0 Å². The van der Waals surface area contributed by atoms with Crippen molar-refractivity contribution in [3.8, 4) is 0 Å². The molecule has 2 heteroatoms. The van der Waals surface area contributed by atoms with Crippen LogP contribution in [0.4, 0.5) is 0 Å². The minimum Gasteiger partial charge on any atom is -0.389 e. The smallest absolute Gasteiger partial charge is 0.0597 e. The molecule has 1 unspecified atom stereocenters. The molecule has 94 valence electrons. The molecule has 1 aliphatic rings. The number of hydrogen-bond acceptors (Lipinski definition) is 2. The van der Waals surface area contributed by atoms with E-state index in [1.54, 1.807) is 6.21 Å². The third kappa shape index (κ3) is 4.86. The second-order valence-electron chi connectivity index (χ2n) is 4.07. The molecule has 1 rings (SSSR count). The maximum Gasteiger partial charge on any atom is 0.0597 e. The second kappa shape index (κ2) is 7.31. The fraction of sp³-hybridized carbons (Fsp3) is 0.250. The molecular formula is C16H20N2. The fourth-order valence-corrected chi connectivity index (χ4v) is 1.48. The first-order valence-corrected chi connectivity index (χ1v) is 6.05. The Morgan fingerprint density at radius 3 is 3.00 bits per heavy atom. The first kappa shape index (κ1) is 14.0. The molecule has 0 aromatic rings. The normalized spacial score (nSPS) is 25.4. The molecule has 0 spiro atoms. The molecule has 1 aliphatic carbocycles. The lowest BCUT2D eigenvalue weighted by Gasteiger charge is -2.03. The largest absolute Gasteiger partial charge is 0.389 e. The van der Waals surface area contributed by atoms with Crippen molar-refractivity contribution in [2.75, 3.05) is 7.05 Å². The molecule has 0 amide bonds. The molecule has 0 aromatic carbocycles. The van der Waals surface area contributed by atoms with Crippen LogP contribution in [0.5, 0.6) is 0 Å². The van der Waals surface area contributed by atoms with Gasteiger partial charge in [0.05, 0.1) is 5.70 Å². The Bertz CT molecular complexity index is 481. The highest BCUT2D eigenvalue weighted by atomic mass is 14.8. The number of nitrogens with zero attached hydrogens (tertiary/aromatic N) is 1. The number of aliphatic imine (C=N–C) groups is 1. The molecule has 0 aromatic heterocycles. The fourth-order valence-electron chi connectivity index (χ4n) is 1.48. The minimum absolute atomic E-state index is 0.342. The van der Waals surface area contributed by atoms with E-state index >= 15 is 0 Å². The van der Waals surface area contributed by atoms with E-state index in [4.69, 9.17) is 0 Å². The van der Waals surface area contributed by atoms with Crippen LogP contribution in [-0.2, 0) is 0 Å². The number of hydrogen-bond donors (Lipinski definition) is 1. The summed E-state index contributed by atoms with van der Waals surface area (Å²) in [6, 6.07) is 0. The van der Waals surface area contributed by atoms with E-state index in [-0.39, 0.29) is 0 Å². The van der Waals surface area contributed by atoms with Gasteiger partial charge in [0.2, 0.25) is 0 Å². The zero-order chi connectivity index (χ0) is 13.4. The van der Waals surface area contributed by atoms with Crippen LogP contribution in [0.1, 0.15) is 13.8 Å². The Hall–Kier alpha value is -2.05.